The lowest BCUT2D eigenvalue weighted by atomic mass is 9.83. The van der Waals surface area contributed by atoms with Gasteiger partial charge in [-0.15, -0.1) is 0 Å². The predicted molar refractivity (Wildman–Crippen MR) is 169 cm³/mol. The number of likely N-dealkylation sites (tertiary alicyclic amines) is 1. The number of rotatable bonds is 7. The van der Waals surface area contributed by atoms with Crippen LogP contribution in [0.1, 0.15) is 61.6 Å². The van der Waals surface area contributed by atoms with Crippen LogP contribution in [0.4, 0.5) is 4.79 Å². The smallest absolute Gasteiger partial charge is 0.414 e. The molecule has 1 amide bonds. The van der Waals surface area contributed by atoms with Gasteiger partial charge in [0.1, 0.15) is 17.9 Å². The van der Waals surface area contributed by atoms with Gasteiger partial charge in [0.05, 0.1) is 11.8 Å². The predicted octanol–water partition coefficient (Wildman–Crippen LogP) is 6.93. The molecule has 2 N–H and O–H groups in total. The first-order valence-electron chi connectivity index (χ1n) is 16.2. The summed E-state index contributed by atoms with van der Waals surface area (Å²) >= 11 is 0. The number of carbonyl (C=O) groups excluding carboxylic acids is 1. The zero-order valence-electron chi connectivity index (χ0n) is 25.5. The van der Waals surface area contributed by atoms with Crippen LogP contribution in [-0.4, -0.2) is 65.7 Å². The number of H-pyrrole nitrogens is 1. The standard InChI is InChI=1S/C35H44N4O4/c1-23-17-28-26(22-42-33(28)18-24(23)2)21-41-32-10-5-8-30-29(32)19-34(37-30)43-35(40)36-27-11-15-38(16-12-27)20-25-7-6-14-39-13-4-3-9-31(25)39/h5,8,10,17-19,22,25,27,31,37H,3-4,6-7,9,11-16,20-21H2,1-2H3,(H,36,40)/t25-,31+/m0/s1. The second kappa shape index (κ2) is 12.2. The Hall–Kier alpha value is -3.49. The summed E-state index contributed by atoms with van der Waals surface area (Å²) in [4.78, 5) is 21.4. The van der Waals surface area contributed by atoms with Crippen LogP contribution in [0.3, 0.4) is 0 Å². The number of aryl methyl sites for hydroxylation is 2. The molecule has 228 valence electrons. The quantitative estimate of drug-likeness (QED) is 0.245. The van der Waals surface area contributed by atoms with Gasteiger partial charge in [0, 0.05) is 54.1 Å². The molecule has 3 aliphatic rings. The summed E-state index contributed by atoms with van der Waals surface area (Å²) in [5.41, 5.74) is 5.16. The third-order valence-corrected chi connectivity index (χ3v) is 10.1. The molecule has 3 saturated heterocycles. The Balaban J connectivity index is 0.919. The highest BCUT2D eigenvalue weighted by molar-refractivity contribution is 5.88. The molecule has 0 unspecified atom stereocenters. The van der Waals surface area contributed by atoms with Crippen LogP contribution in [-0.2, 0) is 6.61 Å². The summed E-state index contributed by atoms with van der Waals surface area (Å²) in [6.07, 6.45) is 10.1. The van der Waals surface area contributed by atoms with Crippen molar-refractivity contribution in [1.82, 2.24) is 20.1 Å². The van der Waals surface area contributed by atoms with E-state index in [4.69, 9.17) is 13.9 Å². The van der Waals surface area contributed by atoms with Crippen molar-refractivity contribution in [2.45, 2.75) is 77.5 Å². The first kappa shape index (κ1) is 28.3. The van der Waals surface area contributed by atoms with Crippen molar-refractivity contribution in [2.24, 2.45) is 5.92 Å². The van der Waals surface area contributed by atoms with Crippen molar-refractivity contribution in [2.75, 3.05) is 32.7 Å². The van der Waals surface area contributed by atoms with Crippen LogP contribution >= 0.6 is 0 Å². The van der Waals surface area contributed by atoms with E-state index in [0.29, 0.717) is 12.5 Å². The number of fused-ring (bicyclic) bond motifs is 3. The number of nitrogens with one attached hydrogen (secondary N) is 2. The molecule has 0 bridgehead atoms. The first-order chi connectivity index (χ1) is 21.0. The zero-order chi connectivity index (χ0) is 29.3. The molecule has 8 heteroatoms. The van der Waals surface area contributed by atoms with Crippen LogP contribution < -0.4 is 14.8 Å². The highest BCUT2D eigenvalue weighted by Crippen LogP contribution is 2.33. The number of ether oxygens (including phenoxy) is 2. The molecule has 0 aliphatic carbocycles. The maximum Gasteiger partial charge on any atom is 0.414 e. The molecule has 5 heterocycles. The van der Waals surface area contributed by atoms with Crippen LogP contribution in [0.2, 0.25) is 0 Å². The monoisotopic (exact) mass is 584 g/mol. The summed E-state index contributed by atoms with van der Waals surface area (Å²) in [5, 5.41) is 5.05. The number of benzene rings is 2. The van der Waals surface area contributed by atoms with Crippen molar-refractivity contribution in [3.63, 3.8) is 0 Å². The van der Waals surface area contributed by atoms with Gasteiger partial charge in [-0.2, -0.15) is 0 Å². The number of hydrogen-bond acceptors (Lipinski definition) is 6. The van der Waals surface area contributed by atoms with E-state index in [1.807, 2.05) is 24.3 Å². The van der Waals surface area contributed by atoms with Gasteiger partial charge in [0.15, 0.2) is 0 Å². The molecule has 8 nitrogen and oxygen atoms in total. The van der Waals surface area contributed by atoms with E-state index in [-0.39, 0.29) is 6.04 Å². The number of amides is 1. The topological polar surface area (TPSA) is 83.0 Å². The number of carbonyl (C=O) groups is 1. The minimum absolute atomic E-state index is 0.141. The Labute approximate surface area is 253 Å². The van der Waals surface area contributed by atoms with Crippen LogP contribution in [0.25, 0.3) is 21.9 Å². The lowest BCUT2D eigenvalue weighted by Crippen LogP contribution is -2.52. The van der Waals surface area contributed by atoms with E-state index in [1.165, 1.54) is 62.9 Å². The Morgan fingerprint density at radius 3 is 2.70 bits per heavy atom. The van der Waals surface area contributed by atoms with Gasteiger partial charge >= 0.3 is 6.09 Å². The number of nitrogens with zero attached hydrogens (tertiary/aromatic N) is 2. The van der Waals surface area contributed by atoms with Gasteiger partial charge in [-0.05, 0) is 107 Å². The SMILES string of the molecule is Cc1cc2occ(COc3cccc4[nH]c(OC(=O)NC5CCN(C[C@@H]6CCCN7CCCC[C@H]67)CC5)cc34)c2cc1C. The normalized spacial score (nSPS) is 22.1. The Morgan fingerprint density at radius 2 is 1.81 bits per heavy atom. The highest BCUT2D eigenvalue weighted by atomic mass is 16.6. The second-order valence-corrected chi connectivity index (χ2v) is 12.9. The Bertz CT molecular complexity index is 1580. The molecule has 0 spiro atoms. The van der Waals surface area contributed by atoms with Crippen molar-refractivity contribution in [1.29, 1.82) is 0 Å². The number of furan rings is 1. The minimum Gasteiger partial charge on any atom is -0.488 e. The molecule has 0 radical (unpaired) electrons. The Morgan fingerprint density at radius 1 is 0.977 bits per heavy atom. The molecule has 7 rings (SSSR count). The highest BCUT2D eigenvalue weighted by Gasteiger charge is 2.34. The fraction of sp³-hybridized carbons (Fsp3) is 0.514. The molecule has 2 aromatic carbocycles. The summed E-state index contributed by atoms with van der Waals surface area (Å²) in [6, 6.07) is 12.8. The van der Waals surface area contributed by atoms with Gasteiger partial charge in [-0.3, -0.25) is 0 Å². The molecule has 43 heavy (non-hydrogen) atoms. The van der Waals surface area contributed by atoms with Crippen molar-refractivity contribution < 1.29 is 18.7 Å². The van der Waals surface area contributed by atoms with E-state index < -0.39 is 6.09 Å². The fourth-order valence-corrected chi connectivity index (χ4v) is 7.56. The second-order valence-electron chi connectivity index (χ2n) is 12.9. The molecule has 3 fully saturated rings. The number of hydrogen-bond donors (Lipinski definition) is 2. The zero-order valence-corrected chi connectivity index (χ0v) is 25.5. The minimum atomic E-state index is -0.409. The van der Waals surface area contributed by atoms with E-state index in [0.717, 1.165) is 71.1 Å². The number of piperidine rings is 3. The molecule has 3 aliphatic heterocycles. The number of aromatic nitrogens is 1. The summed E-state index contributed by atoms with van der Waals surface area (Å²) in [5.74, 6) is 1.94. The maximum atomic E-state index is 12.8. The molecular weight excluding hydrogens is 540 g/mol. The lowest BCUT2D eigenvalue weighted by Gasteiger charge is -2.46. The third kappa shape index (κ3) is 6.13. The van der Waals surface area contributed by atoms with E-state index in [2.05, 4.69) is 46.1 Å². The molecule has 2 atom stereocenters. The van der Waals surface area contributed by atoms with E-state index in [1.54, 1.807) is 6.26 Å². The molecule has 0 saturated carbocycles. The average Bonchev–Trinajstić information content (AvgIpc) is 3.60. The average molecular weight is 585 g/mol. The van der Waals surface area contributed by atoms with Gasteiger partial charge in [0.2, 0.25) is 5.88 Å². The summed E-state index contributed by atoms with van der Waals surface area (Å²) in [7, 11) is 0. The maximum absolute atomic E-state index is 12.8. The van der Waals surface area contributed by atoms with Gasteiger partial charge in [-0.25, -0.2) is 4.79 Å². The summed E-state index contributed by atoms with van der Waals surface area (Å²) in [6.45, 7) is 10.4. The van der Waals surface area contributed by atoms with Crippen molar-refractivity contribution in [3.8, 4) is 11.6 Å². The molecular formula is C35H44N4O4. The summed E-state index contributed by atoms with van der Waals surface area (Å²) < 4.78 is 17.7. The van der Waals surface area contributed by atoms with Crippen molar-refractivity contribution in [3.05, 3.63) is 59.4 Å². The lowest BCUT2D eigenvalue weighted by molar-refractivity contribution is 0.0353. The molecule has 2 aromatic heterocycles. The van der Waals surface area contributed by atoms with Crippen molar-refractivity contribution >= 4 is 28.0 Å². The van der Waals surface area contributed by atoms with E-state index in [9.17, 15) is 4.79 Å². The fourth-order valence-electron chi connectivity index (χ4n) is 7.56. The van der Waals surface area contributed by atoms with Gasteiger partial charge in [0.25, 0.3) is 0 Å². The van der Waals surface area contributed by atoms with Crippen LogP contribution in [0, 0.1) is 19.8 Å². The van der Waals surface area contributed by atoms with Crippen LogP contribution in [0.15, 0.2) is 47.1 Å². The molecule has 4 aromatic rings. The third-order valence-electron chi connectivity index (χ3n) is 10.1. The van der Waals surface area contributed by atoms with Gasteiger partial charge < -0.3 is 34.0 Å². The van der Waals surface area contributed by atoms with Crippen LogP contribution in [0.5, 0.6) is 11.6 Å². The van der Waals surface area contributed by atoms with Gasteiger partial charge in [-0.1, -0.05) is 12.5 Å². The Kier molecular flexibility index (Phi) is 8.06. The largest absolute Gasteiger partial charge is 0.488 e. The van der Waals surface area contributed by atoms with E-state index >= 15 is 0 Å². The number of aromatic amines is 1. The first-order valence-corrected chi connectivity index (χ1v) is 16.2.